The van der Waals surface area contributed by atoms with Gasteiger partial charge in [-0.05, 0) is 43.3 Å². The fraction of sp³-hybridized carbons (Fsp3) is 0.269. The van der Waals surface area contributed by atoms with Crippen molar-refractivity contribution < 1.29 is 24.1 Å². The molecule has 0 aromatic heterocycles. The molecule has 1 N–H and O–H groups in total. The minimum Gasteiger partial charge on any atom is -0.507 e. The SMILES string of the molecule is COc1ccc([C@H]2Oc3c(OC)cccc3[C@H]3CC(c4cc(C)ccc4O)=NN32)cc1OC. The fourth-order valence-electron chi connectivity index (χ4n) is 4.51. The maximum atomic E-state index is 10.5. The van der Waals surface area contributed by atoms with E-state index in [4.69, 9.17) is 24.0 Å². The van der Waals surface area contributed by atoms with Crippen molar-refractivity contribution in [3.8, 4) is 28.7 Å². The molecule has 0 fully saturated rings. The number of ether oxygens (including phenoxy) is 4. The lowest BCUT2D eigenvalue weighted by Gasteiger charge is -2.38. The molecule has 0 amide bonds. The number of methoxy groups -OCH3 is 3. The van der Waals surface area contributed by atoms with Crippen LogP contribution in [0.4, 0.5) is 0 Å². The normalized spacial score (nSPS) is 18.7. The van der Waals surface area contributed by atoms with Crippen LogP contribution in [0.1, 0.15) is 40.9 Å². The summed E-state index contributed by atoms with van der Waals surface area (Å²) in [6, 6.07) is 17.1. The molecule has 3 aromatic rings. The highest BCUT2D eigenvalue weighted by atomic mass is 16.5. The second kappa shape index (κ2) is 8.24. The van der Waals surface area contributed by atoms with Crippen molar-refractivity contribution >= 4 is 5.71 Å². The molecule has 0 unspecified atom stereocenters. The van der Waals surface area contributed by atoms with E-state index >= 15 is 0 Å². The monoisotopic (exact) mass is 446 g/mol. The molecule has 3 aromatic carbocycles. The van der Waals surface area contributed by atoms with Crippen molar-refractivity contribution in [1.29, 1.82) is 0 Å². The summed E-state index contributed by atoms with van der Waals surface area (Å²) < 4.78 is 23.0. The van der Waals surface area contributed by atoms with Crippen molar-refractivity contribution in [3.05, 3.63) is 76.9 Å². The number of para-hydroxylation sites is 1. The first-order valence-electron chi connectivity index (χ1n) is 10.7. The van der Waals surface area contributed by atoms with E-state index in [9.17, 15) is 5.11 Å². The molecular formula is C26H26N2O5. The standard InChI is InChI=1S/C26H26N2O5/c1-15-8-10-21(29)18(12-15)19-14-20-17-6-5-7-23(31-3)25(17)33-26(28(20)27-19)16-9-11-22(30-2)24(13-16)32-4/h5-13,20,26,29H,14H2,1-4H3/t20-,26-/m1/s1. The highest BCUT2D eigenvalue weighted by Gasteiger charge is 2.42. The molecule has 7 nitrogen and oxygen atoms in total. The number of hydrogen-bond donors (Lipinski definition) is 1. The zero-order valence-electron chi connectivity index (χ0n) is 19.0. The molecule has 0 aliphatic carbocycles. The second-order valence-corrected chi connectivity index (χ2v) is 8.13. The zero-order valence-corrected chi connectivity index (χ0v) is 19.0. The van der Waals surface area contributed by atoms with E-state index in [1.54, 1.807) is 27.4 Å². The Morgan fingerprint density at radius 1 is 0.939 bits per heavy atom. The zero-order chi connectivity index (χ0) is 23.1. The van der Waals surface area contributed by atoms with Gasteiger partial charge in [-0.15, -0.1) is 0 Å². The van der Waals surface area contributed by atoms with E-state index in [1.165, 1.54) is 0 Å². The van der Waals surface area contributed by atoms with Gasteiger partial charge in [-0.2, -0.15) is 5.10 Å². The predicted molar refractivity (Wildman–Crippen MR) is 124 cm³/mol. The van der Waals surface area contributed by atoms with Crippen LogP contribution in [0.3, 0.4) is 0 Å². The first kappa shape index (κ1) is 21.0. The molecule has 170 valence electrons. The average Bonchev–Trinajstić information content (AvgIpc) is 3.29. The lowest BCUT2D eigenvalue weighted by Crippen LogP contribution is -2.33. The summed E-state index contributed by atoms with van der Waals surface area (Å²) >= 11 is 0. The molecule has 0 spiro atoms. The Bertz CT molecular complexity index is 1240. The highest BCUT2D eigenvalue weighted by molar-refractivity contribution is 6.04. The van der Waals surface area contributed by atoms with E-state index in [1.807, 2.05) is 60.5 Å². The molecule has 7 heteroatoms. The van der Waals surface area contributed by atoms with Crippen LogP contribution in [0.2, 0.25) is 0 Å². The van der Waals surface area contributed by atoms with Crippen LogP contribution in [0.15, 0.2) is 59.7 Å². The third-order valence-corrected chi connectivity index (χ3v) is 6.16. The van der Waals surface area contributed by atoms with Crippen molar-refractivity contribution in [1.82, 2.24) is 5.01 Å². The van der Waals surface area contributed by atoms with Crippen LogP contribution in [0.25, 0.3) is 0 Å². The Morgan fingerprint density at radius 2 is 1.73 bits per heavy atom. The van der Waals surface area contributed by atoms with Crippen LogP contribution in [0.5, 0.6) is 28.7 Å². The molecule has 0 saturated heterocycles. The number of hydrogen-bond acceptors (Lipinski definition) is 7. The number of phenolic OH excluding ortho intramolecular Hbond substituents is 1. The van der Waals surface area contributed by atoms with Crippen LogP contribution < -0.4 is 18.9 Å². The third kappa shape index (κ3) is 3.50. The Kier molecular flexibility index (Phi) is 5.24. The van der Waals surface area contributed by atoms with E-state index in [2.05, 4.69) is 0 Å². The minimum atomic E-state index is -0.511. The second-order valence-electron chi connectivity index (χ2n) is 8.13. The van der Waals surface area contributed by atoms with Gasteiger partial charge in [0.25, 0.3) is 0 Å². The summed E-state index contributed by atoms with van der Waals surface area (Å²) in [5.74, 6) is 2.84. The molecule has 2 aliphatic rings. The van der Waals surface area contributed by atoms with E-state index < -0.39 is 6.23 Å². The maximum Gasteiger partial charge on any atom is 0.214 e. The Balaban J connectivity index is 1.64. The van der Waals surface area contributed by atoms with Gasteiger partial charge < -0.3 is 24.1 Å². The van der Waals surface area contributed by atoms with Gasteiger partial charge in [-0.25, -0.2) is 5.01 Å². The van der Waals surface area contributed by atoms with Gasteiger partial charge in [-0.3, -0.25) is 0 Å². The first-order valence-corrected chi connectivity index (χ1v) is 10.7. The minimum absolute atomic E-state index is 0.0724. The number of nitrogens with zero attached hydrogens (tertiary/aromatic N) is 2. The Morgan fingerprint density at radius 3 is 2.48 bits per heavy atom. The van der Waals surface area contributed by atoms with Gasteiger partial charge >= 0.3 is 0 Å². The molecule has 0 saturated carbocycles. The number of fused-ring (bicyclic) bond motifs is 3. The molecule has 2 atom stereocenters. The van der Waals surface area contributed by atoms with Gasteiger partial charge in [0.1, 0.15) is 5.75 Å². The van der Waals surface area contributed by atoms with Gasteiger partial charge in [0.05, 0.1) is 33.1 Å². The van der Waals surface area contributed by atoms with Gasteiger partial charge in [0.2, 0.25) is 6.23 Å². The number of aryl methyl sites for hydroxylation is 1. The molecule has 5 rings (SSSR count). The quantitative estimate of drug-likeness (QED) is 0.597. The third-order valence-electron chi connectivity index (χ3n) is 6.16. The molecule has 33 heavy (non-hydrogen) atoms. The summed E-state index contributed by atoms with van der Waals surface area (Å²) in [6.45, 7) is 2.00. The van der Waals surface area contributed by atoms with Crippen LogP contribution in [0, 0.1) is 6.92 Å². The largest absolute Gasteiger partial charge is 0.507 e. The lowest BCUT2D eigenvalue weighted by atomic mass is 9.94. The summed E-state index contributed by atoms with van der Waals surface area (Å²) in [4.78, 5) is 0. The molecule has 2 aliphatic heterocycles. The summed E-state index contributed by atoms with van der Waals surface area (Å²) in [5.41, 5.74) is 4.47. The lowest BCUT2D eigenvalue weighted by molar-refractivity contribution is -0.0210. The molecule has 0 bridgehead atoms. The van der Waals surface area contributed by atoms with E-state index in [0.29, 0.717) is 29.4 Å². The Labute approximate surface area is 192 Å². The van der Waals surface area contributed by atoms with Crippen molar-refractivity contribution in [2.24, 2.45) is 5.10 Å². The van der Waals surface area contributed by atoms with Crippen LogP contribution in [-0.2, 0) is 0 Å². The van der Waals surface area contributed by atoms with E-state index in [0.717, 1.165) is 28.0 Å². The fourth-order valence-corrected chi connectivity index (χ4v) is 4.51. The summed E-state index contributed by atoms with van der Waals surface area (Å²) in [6.07, 6.45) is 0.118. The van der Waals surface area contributed by atoms with E-state index in [-0.39, 0.29) is 11.8 Å². The van der Waals surface area contributed by atoms with Gasteiger partial charge in [0, 0.05) is 23.1 Å². The topological polar surface area (TPSA) is 72.8 Å². The highest BCUT2D eigenvalue weighted by Crippen LogP contribution is 2.51. The summed E-state index contributed by atoms with van der Waals surface area (Å²) in [5, 5.41) is 17.4. The average molecular weight is 447 g/mol. The number of benzene rings is 3. The molecule has 2 heterocycles. The van der Waals surface area contributed by atoms with Crippen molar-refractivity contribution in [3.63, 3.8) is 0 Å². The van der Waals surface area contributed by atoms with Crippen LogP contribution in [-0.4, -0.2) is 37.2 Å². The summed E-state index contributed by atoms with van der Waals surface area (Å²) in [7, 11) is 4.85. The molecular weight excluding hydrogens is 420 g/mol. The van der Waals surface area contributed by atoms with Crippen molar-refractivity contribution in [2.75, 3.05) is 21.3 Å². The maximum absolute atomic E-state index is 10.5. The number of rotatable bonds is 5. The number of hydrazone groups is 1. The predicted octanol–water partition coefficient (Wildman–Crippen LogP) is 4.97. The van der Waals surface area contributed by atoms with Crippen LogP contribution >= 0.6 is 0 Å². The molecule has 0 radical (unpaired) electrons. The van der Waals surface area contributed by atoms with Crippen molar-refractivity contribution in [2.45, 2.75) is 25.6 Å². The van der Waals surface area contributed by atoms with Gasteiger partial charge in [0.15, 0.2) is 23.0 Å². The van der Waals surface area contributed by atoms with Gasteiger partial charge in [-0.1, -0.05) is 23.8 Å². The smallest absolute Gasteiger partial charge is 0.214 e. The first-order chi connectivity index (χ1) is 16.0. The number of aromatic hydroxyl groups is 1. The Hall–Kier alpha value is -3.87. The number of phenols is 1.